The van der Waals surface area contributed by atoms with Crippen LogP contribution in [0.2, 0.25) is 0 Å². The van der Waals surface area contributed by atoms with Gasteiger partial charge in [-0.25, -0.2) is 14.7 Å². The monoisotopic (exact) mass is 410 g/mol. The molecule has 2 aromatic carbocycles. The Morgan fingerprint density at radius 2 is 1.97 bits per heavy atom. The fourth-order valence-electron chi connectivity index (χ4n) is 3.34. The number of hydrogen-bond donors (Lipinski definition) is 4. The second kappa shape index (κ2) is 7.38. The number of nitrogens with one attached hydrogen (secondary N) is 3. The van der Waals surface area contributed by atoms with Gasteiger partial charge in [-0.05, 0) is 41.8 Å². The number of alkyl halides is 3. The predicted molar refractivity (Wildman–Crippen MR) is 99.0 cm³/mol. The maximum Gasteiger partial charge on any atom is 0.449 e. The zero-order valence-corrected chi connectivity index (χ0v) is 15.7. The third-order valence-electron chi connectivity index (χ3n) is 4.73. The van der Waals surface area contributed by atoms with Crippen LogP contribution in [0.5, 0.6) is 0 Å². The van der Waals surface area contributed by atoms with Gasteiger partial charge in [0.05, 0.1) is 11.6 Å². The normalized spacial score (nSPS) is 19.2. The first kappa shape index (κ1) is 20.6. The molecule has 1 saturated heterocycles. The molecule has 1 atom stereocenters. The number of halogens is 4. The largest absolute Gasteiger partial charge is 0.449 e. The van der Waals surface area contributed by atoms with Crippen LogP contribution in [0, 0.1) is 11.2 Å². The van der Waals surface area contributed by atoms with E-state index in [1.165, 1.54) is 30.3 Å². The molecule has 0 aromatic heterocycles. The van der Waals surface area contributed by atoms with Crippen molar-refractivity contribution in [1.82, 2.24) is 5.32 Å². The average Bonchev–Trinajstić information content (AvgIpc) is 2.88. The summed E-state index contributed by atoms with van der Waals surface area (Å²) in [5, 5.41) is 15.2. The number of anilines is 1. The van der Waals surface area contributed by atoms with E-state index in [1.807, 2.05) is 13.8 Å². The van der Waals surface area contributed by atoms with E-state index in [0.29, 0.717) is 5.69 Å². The molecule has 1 heterocycles. The molecule has 1 amide bonds. The highest BCUT2D eigenvalue weighted by Gasteiger charge is 2.41. The molecule has 1 aliphatic rings. The van der Waals surface area contributed by atoms with Gasteiger partial charge in [0.25, 0.3) is 0 Å². The maximum absolute atomic E-state index is 14.4. The Morgan fingerprint density at radius 3 is 2.59 bits per heavy atom. The minimum absolute atomic E-state index is 0.0244. The van der Waals surface area contributed by atoms with E-state index in [0.717, 1.165) is 12.1 Å². The van der Waals surface area contributed by atoms with Crippen molar-refractivity contribution in [2.24, 2.45) is 5.41 Å². The van der Waals surface area contributed by atoms with Crippen molar-refractivity contribution in [2.45, 2.75) is 32.5 Å². The summed E-state index contributed by atoms with van der Waals surface area (Å²) in [6.45, 7) is 3.68. The molecule has 3 rings (SSSR count). The highest BCUT2D eigenvalue weighted by molar-refractivity contribution is 5.83. The van der Waals surface area contributed by atoms with Crippen molar-refractivity contribution in [2.75, 3.05) is 5.32 Å². The standard InChI is InChI=1S/C20H19F4N3O2/c1-19(2)10-16(28)27-17(19)14-9-13(6-7-15(14)21)26-18(29)25-12-5-3-4-11(8-12)20(22,23)24/h3-9,17H,10H2,1-2H3,(H,27,28)(H2,25,26,29)/p+1. The molecule has 0 spiro atoms. The summed E-state index contributed by atoms with van der Waals surface area (Å²) in [7, 11) is 0. The lowest BCUT2D eigenvalue weighted by Gasteiger charge is -2.26. The summed E-state index contributed by atoms with van der Waals surface area (Å²) in [5.74, 6) is -0.695. The van der Waals surface area contributed by atoms with E-state index < -0.39 is 35.0 Å². The summed E-state index contributed by atoms with van der Waals surface area (Å²) in [6.07, 6.45) is -4.26. The number of aliphatic hydroxyl groups is 1. The van der Waals surface area contributed by atoms with Gasteiger partial charge in [-0.2, -0.15) is 13.2 Å². The van der Waals surface area contributed by atoms with Gasteiger partial charge in [-0.3, -0.25) is 4.79 Å². The van der Waals surface area contributed by atoms with Gasteiger partial charge in [-0.1, -0.05) is 19.9 Å². The molecular weight excluding hydrogens is 390 g/mol. The van der Waals surface area contributed by atoms with Crippen molar-refractivity contribution in [3.63, 3.8) is 0 Å². The maximum atomic E-state index is 14.4. The third kappa shape index (κ3) is 4.67. The number of aliphatic hydroxyl groups excluding tert-OH is 1. The number of amides is 1. The second-order valence-electron chi connectivity index (χ2n) is 7.58. The average molecular weight is 410 g/mol. The zero-order chi connectivity index (χ0) is 21.4. The van der Waals surface area contributed by atoms with Crippen LogP contribution >= 0.6 is 0 Å². The van der Waals surface area contributed by atoms with Crippen LogP contribution in [0.4, 0.5) is 28.9 Å². The van der Waals surface area contributed by atoms with Gasteiger partial charge in [0.2, 0.25) is 5.91 Å². The van der Waals surface area contributed by atoms with Crippen LogP contribution in [0.25, 0.3) is 0 Å². The molecule has 9 heteroatoms. The number of rotatable bonds is 3. The lowest BCUT2D eigenvalue weighted by atomic mass is 9.81. The molecule has 2 aromatic rings. The van der Waals surface area contributed by atoms with E-state index in [1.54, 1.807) is 0 Å². The summed E-state index contributed by atoms with van der Waals surface area (Å²) < 4.78 is 52.7. The smallest absolute Gasteiger partial charge is 0.447 e. The number of amidine groups is 1. The molecule has 1 aliphatic heterocycles. The molecule has 5 nitrogen and oxygen atoms in total. The first-order valence-electron chi connectivity index (χ1n) is 8.82. The SMILES string of the molecule is CC1(C)CC(=O)NC1c1cc([NH+]=C(O)Nc2cccc(C(F)(F)F)c2)ccc1F. The van der Waals surface area contributed by atoms with E-state index in [9.17, 15) is 27.5 Å². The summed E-state index contributed by atoms with van der Waals surface area (Å²) in [4.78, 5) is 14.3. The predicted octanol–water partition coefficient (Wildman–Crippen LogP) is 3.17. The van der Waals surface area contributed by atoms with Gasteiger partial charge < -0.3 is 10.4 Å². The highest BCUT2D eigenvalue weighted by atomic mass is 19.4. The fourth-order valence-corrected chi connectivity index (χ4v) is 3.34. The van der Waals surface area contributed by atoms with E-state index in [4.69, 9.17) is 0 Å². The topological polar surface area (TPSA) is 75.3 Å². The van der Waals surface area contributed by atoms with Crippen molar-refractivity contribution < 1.29 is 32.5 Å². The molecule has 1 unspecified atom stereocenters. The fraction of sp³-hybridized carbons (Fsp3) is 0.300. The van der Waals surface area contributed by atoms with E-state index in [2.05, 4.69) is 15.6 Å². The van der Waals surface area contributed by atoms with Crippen LogP contribution in [0.15, 0.2) is 42.5 Å². The van der Waals surface area contributed by atoms with Gasteiger partial charge in [0.15, 0.2) is 0 Å². The molecular formula is C20H20F4N3O2+. The molecule has 29 heavy (non-hydrogen) atoms. The Labute approximate surface area is 164 Å². The van der Waals surface area contributed by atoms with Gasteiger partial charge in [0.1, 0.15) is 17.2 Å². The van der Waals surface area contributed by atoms with Gasteiger partial charge in [-0.15, -0.1) is 0 Å². The van der Waals surface area contributed by atoms with Crippen molar-refractivity contribution in [3.05, 3.63) is 59.4 Å². The highest BCUT2D eigenvalue weighted by Crippen LogP contribution is 2.42. The minimum atomic E-state index is -4.51. The van der Waals surface area contributed by atoms with Crippen LogP contribution in [0.3, 0.4) is 0 Å². The lowest BCUT2D eigenvalue weighted by molar-refractivity contribution is -0.365. The lowest BCUT2D eigenvalue weighted by Crippen LogP contribution is -2.68. The quantitative estimate of drug-likeness (QED) is 0.357. The van der Waals surface area contributed by atoms with Crippen LogP contribution in [0.1, 0.15) is 37.4 Å². The molecule has 1 fully saturated rings. The number of hydrogen-bond acceptors (Lipinski definition) is 1. The van der Waals surface area contributed by atoms with Gasteiger partial charge >= 0.3 is 12.2 Å². The number of benzene rings is 2. The summed E-state index contributed by atoms with van der Waals surface area (Å²) in [6, 6.07) is 7.26. The van der Waals surface area contributed by atoms with Crippen molar-refractivity contribution in [1.29, 1.82) is 0 Å². The van der Waals surface area contributed by atoms with Gasteiger partial charge in [0, 0.05) is 12.0 Å². The molecule has 0 bridgehead atoms. The molecule has 154 valence electrons. The van der Waals surface area contributed by atoms with E-state index in [-0.39, 0.29) is 23.6 Å². The Kier molecular flexibility index (Phi) is 5.25. The van der Waals surface area contributed by atoms with Crippen LogP contribution in [-0.2, 0) is 11.0 Å². The summed E-state index contributed by atoms with van der Waals surface area (Å²) in [5.41, 5.74) is -0.790. The van der Waals surface area contributed by atoms with Crippen LogP contribution in [-0.4, -0.2) is 17.0 Å². The minimum Gasteiger partial charge on any atom is -0.447 e. The first-order chi connectivity index (χ1) is 13.5. The summed E-state index contributed by atoms with van der Waals surface area (Å²) >= 11 is 0. The number of carbonyl (C=O) groups is 1. The molecule has 0 aliphatic carbocycles. The molecule has 0 saturated carbocycles. The Balaban J connectivity index is 1.85. The Bertz CT molecular complexity index is 970. The first-order valence-corrected chi connectivity index (χ1v) is 8.82. The zero-order valence-electron chi connectivity index (χ0n) is 15.7. The molecule has 0 radical (unpaired) electrons. The molecule has 4 N–H and O–H groups in total. The van der Waals surface area contributed by atoms with Crippen LogP contribution < -0.4 is 15.6 Å². The Hall–Kier alpha value is -3.10. The van der Waals surface area contributed by atoms with E-state index >= 15 is 0 Å². The van der Waals surface area contributed by atoms with Crippen molar-refractivity contribution >= 4 is 23.3 Å². The Morgan fingerprint density at radius 1 is 1.24 bits per heavy atom. The van der Waals surface area contributed by atoms with Crippen molar-refractivity contribution in [3.8, 4) is 0 Å². The second-order valence-corrected chi connectivity index (χ2v) is 7.58. The number of carbonyl (C=O) groups excluding carboxylic acids is 1. The third-order valence-corrected chi connectivity index (χ3v) is 4.73.